The fourth-order valence-electron chi connectivity index (χ4n) is 0.599. The van der Waals surface area contributed by atoms with E-state index in [4.69, 9.17) is 5.26 Å². The SMILES string of the molecule is CC.CC.Cc1ccc(OO)cc1. The number of benzene rings is 1. The van der Waals surface area contributed by atoms with Crippen molar-refractivity contribution in [3.63, 3.8) is 0 Å². The van der Waals surface area contributed by atoms with Gasteiger partial charge in [-0.3, -0.25) is 0 Å². The molecule has 0 aromatic heterocycles. The van der Waals surface area contributed by atoms with Crippen molar-refractivity contribution in [3.8, 4) is 5.75 Å². The molecule has 1 rings (SSSR count). The second-order valence-electron chi connectivity index (χ2n) is 1.90. The molecule has 1 N–H and O–H groups in total. The van der Waals surface area contributed by atoms with Crippen molar-refractivity contribution >= 4 is 0 Å². The van der Waals surface area contributed by atoms with Crippen LogP contribution in [0.1, 0.15) is 33.3 Å². The molecule has 0 amide bonds. The predicted octanol–water partition coefficient (Wildman–Crippen LogP) is 3.90. The summed E-state index contributed by atoms with van der Waals surface area (Å²) in [4.78, 5) is 3.97. The van der Waals surface area contributed by atoms with E-state index in [0.29, 0.717) is 5.75 Å². The molecule has 0 fully saturated rings. The highest BCUT2D eigenvalue weighted by atomic mass is 17.1. The fourth-order valence-corrected chi connectivity index (χ4v) is 0.599. The summed E-state index contributed by atoms with van der Waals surface area (Å²) >= 11 is 0. The fraction of sp³-hybridized carbons (Fsp3) is 0.455. The lowest BCUT2D eigenvalue weighted by Crippen LogP contribution is -1.81. The van der Waals surface area contributed by atoms with E-state index in [1.165, 1.54) is 0 Å². The number of hydrogen-bond acceptors (Lipinski definition) is 2. The van der Waals surface area contributed by atoms with Gasteiger partial charge in [-0.05, 0) is 19.1 Å². The second kappa shape index (κ2) is 11.0. The van der Waals surface area contributed by atoms with Gasteiger partial charge in [0.15, 0.2) is 5.75 Å². The molecule has 0 aliphatic heterocycles. The normalized spacial score (nSPS) is 7.23. The molecule has 0 heterocycles. The summed E-state index contributed by atoms with van der Waals surface area (Å²) in [6.45, 7) is 9.97. The van der Waals surface area contributed by atoms with Crippen LogP contribution >= 0.6 is 0 Å². The zero-order valence-electron chi connectivity index (χ0n) is 9.16. The molecule has 2 nitrogen and oxygen atoms in total. The van der Waals surface area contributed by atoms with Gasteiger partial charge in [0.2, 0.25) is 0 Å². The van der Waals surface area contributed by atoms with Crippen molar-refractivity contribution in [1.82, 2.24) is 0 Å². The zero-order chi connectivity index (χ0) is 10.7. The van der Waals surface area contributed by atoms with E-state index in [9.17, 15) is 0 Å². The Hall–Kier alpha value is -1.02. The van der Waals surface area contributed by atoms with Crippen LogP contribution in [0.4, 0.5) is 0 Å². The van der Waals surface area contributed by atoms with Gasteiger partial charge in [-0.25, -0.2) is 5.26 Å². The Bertz CT molecular complexity index is 180. The van der Waals surface area contributed by atoms with Crippen molar-refractivity contribution in [1.29, 1.82) is 0 Å². The van der Waals surface area contributed by atoms with Gasteiger partial charge in [0.05, 0.1) is 0 Å². The van der Waals surface area contributed by atoms with Crippen molar-refractivity contribution in [2.75, 3.05) is 0 Å². The van der Waals surface area contributed by atoms with Gasteiger partial charge in [0.25, 0.3) is 0 Å². The lowest BCUT2D eigenvalue weighted by molar-refractivity contribution is -0.137. The smallest absolute Gasteiger partial charge is 0.165 e. The Kier molecular flexibility index (Phi) is 12.2. The minimum atomic E-state index is 0.473. The first-order valence-electron chi connectivity index (χ1n) is 4.71. The Labute approximate surface area is 81.1 Å². The molecule has 0 aliphatic carbocycles. The number of rotatable bonds is 1. The molecule has 0 saturated heterocycles. The highest BCUT2D eigenvalue weighted by molar-refractivity contribution is 5.25. The monoisotopic (exact) mass is 184 g/mol. The lowest BCUT2D eigenvalue weighted by Gasteiger charge is -1.94. The molecule has 13 heavy (non-hydrogen) atoms. The standard InChI is InChI=1S/C7H8O2.2C2H6/c1-6-2-4-7(9-8)5-3-6;2*1-2/h2-5,8H,1H3;2*1-2H3. The topological polar surface area (TPSA) is 29.5 Å². The molecule has 0 aliphatic rings. The summed E-state index contributed by atoms with van der Waals surface area (Å²) in [5.41, 5.74) is 1.15. The van der Waals surface area contributed by atoms with Gasteiger partial charge in [0.1, 0.15) is 0 Å². The Morgan fingerprint density at radius 1 is 0.923 bits per heavy atom. The van der Waals surface area contributed by atoms with Crippen molar-refractivity contribution in [2.24, 2.45) is 0 Å². The number of aryl methyl sites for hydroxylation is 1. The molecule has 2 heteroatoms. The van der Waals surface area contributed by atoms with Crippen molar-refractivity contribution in [2.45, 2.75) is 34.6 Å². The first-order chi connectivity index (χ1) is 6.33. The summed E-state index contributed by atoms with van der Waals surface area (Å²) in [7, 11) is 0. The molecule has 1 aromatic carbocycles. The summed E-state index contributed by atoms with van der Waals surface area (Å²) in [5, 5.41) is 8.13. The molecule has 0 bridgehead atoms. The van der Waals surface area contributed by atoms with Crippen LogP contribution in [-0.2, 0) is 0 Å². The van der Waals surface area contributed by atoms with E-state index in [1.807, 2.05) is 46.8 Å². The largest absolute Gasteiger partial charge is 0.340 e. The van der Waals surface area contributed by atoms with Gasteiger partial charge >= 0.3 is 0 Å². The molecule has 0 unspecified atom stereocenters. The van der Waals surface area contributed by atoms with Crippen LogP contribution in [0.3, 0.4) is 0 Å². The molecule has 0 radical (unpaired) electrons. The van der Waals surface area contributed by atoms with Gasteiger partial charge in [-0.15, -0.1) is 0 Å². The maximum atomic E-state index is 8.13. The van der Waals surface area contributed by atoms with E-state index in [2.05, 4.69) is 4.89 Å². The van der Waals surface area contributed by atoms with Gasteiger partial charge in [-0.1, -0.05) is 45.4 Å². The average molecular weight is 184 g/mol. The van der Waals surface area contributed by atoms with Crippen molar-refractivity contribution < 1.29 is 10.1 Å². The number of hydrogen-bond donors (Lipinski definition) is 1. The maximum absolute atomic E-state index is 8.13. The quantitative estimate of drug-likeness (QED) is 0.530. The maximum Gasteiger partial charge on any atom is 0.165 e. The first-order valence-corrected chi connectivity index (χ1v) is 4.71. The van der Waals surface area contributed by atoms with Crippen molar-refractivity contribution in [3.05, 3.63) is 29.8 Å². The Morgan fingerprint density at radius 3 is 1.62 bits per heavy atom. The third-order valence-electron chi connectivity index (χ3n) is 1.13. The molecule has 0 spiro atoms. The van der Waals surface area contributed by atoms with Crippen LogP contribution in [0, 0.1) is 6.92 Å². The van der Waals surface area contributed by atoms with Gasteiger partial charge < -0.3 is 4.89 Å². The van der Waals surface area contributed by atoms with Crippen LogP contribution in [0.15, 0.2) is 24.3 Å². The minimum absolute atomic E-state index is 0.473. The molecular weight excluding hydrogens is 164 g/mol. The van der Waals surface area contributed by atoms with E-state index < -0.39 is 0 Å². The lowest BCUT2D eigenvalue weighted by atomic mass is 10.2. The van der Waals surface area contributed by atoms with E-state index in [-0.39, 0.29) is 0 Å². The van der Waals surface area contributed by atoms with Crippen LogP contribution in [-0.4, -0.2) is 5.26 Å². The van der Waals surface area contributed by atoms with Crippen LogP contribution in [0.5, 0.6) is 5.75 Å². The highest BCUT2D eigenvalue weighted by Gasteiger charge is 1.87. The van der Waals surface area contributed by atoms with E-state index >= 15 is 0 Å². The highest BCUT2D eigenvalue weighted by Crippen LogP contribution is 2.09. The molecule has 0 atom stereocenters. The van der Waals surface area contributed by atoms with E-state index in [1.54, 1.807) is 12.1 Å². The summed E-state index contributed by atoms with van der Waals surface area (Å²) < 4.78 is 0. The Balaban J connectivity index is 0. The molecule has 76 valence electrons. The van der Waals surface area contributed by atoms with E-state index in [0.717, 1.165) is 5.56 Å². The van der Waals surface area contributed by atoms with Crippen LogP contribution < -0.4 is 4.89 Å². The zero-order valence-corrected chi connectivity index (χ0v) is 9.16. The summed E-state index contributed by atoms with van der Waals surface area (Å²) in [6, 6.07) is 7.14. The second-order valence-corrected chi connectivity index (χ2v) is 1.90. The minimum Gasteiger partial charge on any atom is -0.340 e. The van der Waals surface area contributed by atoms with Crippen LogP contribution in [0.2, 0.25) is 0 Å². The molecule has 0 saturated carbocycles. The predicted molar refractivity (Wildman–Crippen MR) is 57.1 cm³/mol. The van der Waals surface area contributed by atoms with Gasteiger partial charge in [-0.2, -0.15) is 0 Å². The van der Waals surface area contributed by atoms with Gasteiger partial charge in [0, 0.05) is 0 Å². The first kappa shape index (κ1) is 14.5. The molecule has 1 aromatic rings. The van der Waals surface area contributed by atoms with Crippen LogP contribution in [0.25, 0.3) is 0 Å². The molecular formula is C11H20O2. The average Bonchev–Trinajstić information content (AvgIpc) is 2.25. The summed E-state index contributed by atoms with van der Waals surface area (Å²) in [6.07, 6.45) is 0. The Morgan fingerprint density at radius 2 is 1.31 bits per heavy atom. The third kappa shape index (κ3) is 7.34. The third-order valence-corrected chi connectivity index (χ3v) is 1.13. The summed E-state index contributed by atoms with van der Waals surface area (Å²) in [5.74, 6) is 0.473.